The Morgan fingerprint density at radius 2 is 2.15 bits per heavy atom. The molecule has 0 bridgehead atoms. The maximum atomic E-state index is 11.5. The van der Waals surface area contributed by atoms with Crippen molar-refractivity contribution in [3.63, 3.8) is 0 Å². The Morgan fingerprint density at radius 3 is 2.85 bits per heavy atom. The molecule has 1 atom stereocenters. The van der Waals surface area contributed by atoms with Gasteiger partial charge in [0.15, 0.2) is 6.23 Å². The summed E-state index contributed by atoms with van der Waals surface area (Å²) in [5.41, 5.74) is 2.36. The molecular weight excluding hydrogens is 166 g/mol. The number of aliphatic hydroxyl groups is 1. The van der Waals surface area contributed by atoms with Gasteiger partial charge in [-0.3, -0.25) is 4.79 Å². The zero-order chi connectivity index (χ0) is 9.59. The van der Waals surface area contributed by atoms with Gasteiger partial charge in [-0.05, 0) is 13.0 Å². The largest absolute Gasteiger partial charge is 0.369 e. The molecule has 0 saturated heterocycles. The van der Waals surface area contributed by atoms with Gasteiger partial charge in [0.25, 0.3) is 5.91 Å². The fraction of sp³-hybridized carbons (Fsp3) is 0.300. The summed E-state index contributed by atoms with van der Waals surface area (Å²) in [7, 11) is 1.60. The number of carbonyl (C=O) groups is 1. The molecule has 1 heterocycles. The highest BCUT2D eigenvalue weighted by atomic mass is 16.3. The van der Waals surface area contributed by atoms with Crippen LogP contribution < -0.4 is 0 Å². The van der Waals surface area contributed by atoms with Gasteiger partial charge in [-0.1, -0.05) is 17.7 Å². The first-order valence-electron chi connectivity index (χ1n) is 4.17. The van der Waals surface area contributed by atoms with E-state index in [1.54, 1.807) is 13.1 Å². The van der Waals surface area contributed by atoms with Gasteiger partial charge in [-0.25, -0.2) is 0 Å². The summed E-state index contributed by atoms with van der Waals surface area (Å²) in [4.78, 5) is 12.9. The van der Waals surface area contributed by atoms with Gasteiger partial charge in [-0.2, -0.15) is 0 Å². The van der Waals surface area contributed by atoms with E-state index in [1.807, 2.05) is 19.1 Å². The van der Waals surface area contributed by atoms with Crippen LogP contribution in [0.3, 0.4) is 0 Å². The van der Waals surface area contributed by atoms with Crippen molar-refractivity contribution >= 4 is 5.91 Å². The van der Waals surface area contributed by atoms with Crippen LogP contribution in [0.15, 0.2) is 18.2 Å². The SMILES string of the molecule is Cc1ccc2c(c1)C(=O)N(C)C2O. The Balaban J connectivity index is 2.60. The number of hydrogen-bond acceptors (Lipinski definition) is 2. The minimum absolute atomic E-state index is 0.105. The Labute approximate surface area is 76.6 Å². The molecule has 1 aromatic carbocycles. The molecule has 3 nitrogen and oxygen atoms in total. The highest BCUT2D eigenvalue weighted by molar-refractivity contribution is 5.98. The Bertz CT molecular complexity index is 373. The minimum Gasteiger partial charge on any atom is -0.369 e. The maximum absolute atomic E-state index is 11.5. The molecule has 68 valence electrons. The van der Waals surface area contributed by atoms with E-state index in [4.69, 9.17) is 0 Å². The number of nitrogens with zero attached hydrogens (tertiary/aromatic N) is 1. The molecule has 0 spiro atoms. The molecule has 13 heavy (non-hydrogen) atoms. The molecule has 0 aromatic heterocycles. The van der Waals surface area contributed by atoms with Crippen molar-refractivity contribution in [1.82, 2.24) is 4.90 Å². The van der Waals surface area contributed by atoms with Gasteiger partial charge in [0, 0.05) is 18.2 Å². The van der Waals surface area contributed by atoms with Crippen LogP contribution in [0, 0.1) is 6.92 Å². The highest BCUT2D eigenvalue weighted by Gasteiger charge is 2.32. The summed E-state index contributed by atoms with van der Waals surface area (Å²) < 4.78 is 0. The summed E-state index contributed by atoms with van der Waals surface area (Å²) in [6.45, 7) is 1.93. The van der Waals surface area contributed by atoms with E-state index >= 15 is 0 Å². The molecular formula is C10H11NO2. The first kappa shape index (κ1) is 8.26. The molecule has 0 aliphatic carbocycles. The van der Waals surface area contributed by atoms with Crippen LogP contribution in [0.4, 0.5) is 0 Å². The van der Waals surface area contributed by atoms with Crippen LogP contribution >= 0.6 is 0 Å². The molecule has 1 aliphatic rings. The summed E-state index contributed by atoms with van der Waals surface area (Å²) in [6, 6.07) is 5.51. The lowest BCUT2D eigenvalue weighted by molar-refractivity contribution is 0.0302. The molecule has 0 saturated carbocycles. The number of benzene rings is 1. The molecule has 1 unspecified atom stereocenters. The molecule has 1 aliphatic heterocycles. The number of hydrogen-bond donors (Lipinski definition) is 1. The number of rotatable bonds is 0. The molecule has 3 heteroatoms. The first-order chi connectivity index (χ1) is 6.11. The van der Waals surface area contributed by atoms with Crippen LogP contribution in [-0.4, -0.2) is 23.0 Å². The van der Waals surface area contributed by atoms with Gasteiger partial charge in [0.1, 0.15) is 0 Å². The second kappa shape index (κ2) is 2.57. The predicted molar refractivity (Wildman–Crippen MR) is 48.2 cm³/mol. The minimum atomic E-state index is -0.775. The second-order valence-corrected chi connectivity index (χ2v) is 3.38. The monoisotopic (exact) mass is 177 g/mol. The molecule has 2 rings (SSSR count). The zero-order valence-electron chi connectivity index (χ0n) is 7.61. The zero-order valence-corrected chi connectivity index (χ0v) is 7.61. The number of carbonyl (C=O) groups excluding carboxylic acids is 1. The molecule has 0 fully saturated rings. The van der Waals surface area contributed by atoms with E-state index in [1.165, 1.54) is 4.90 Å². The molecule has 1 amide bonds. The normalized spacial score (nSPS) is 20.7. The van der Waals surface area contributed by atoms with Gasteiger partial charge in [0.2, 0.25) is 0 Å². The summed E-state index contributed by atoms with van der Waals surface area (Å²) in [6.07, 6.45) is -0.775. The lowest BCUT2D eigenvalue weighted by Crippen LogP contribution is -2.22. The van der Waals surface area contributed by atoms with E-state index in [0.717, 1.165) is 5.56 Å². The fourth-order valence-corrected chi connectivity index (χ4v) is 1.59. The number of aliphatic hydroxyl groups excluding tert-OH is 1. The van der Waals surface area contributed by atoms with Gasteiger partial charge in [0.05, 0.1) is 0 Å². The summed E-state index contributed by atoms with van der Waals surface area (Å²) in [5, 5.41) is 9.62. The number of aryl methyl sites for hydroxylation is 1. The van der Waals surface area contributed by atoms with E-state index in [2.05, 4.69) is 0 Å². The lowest BCUT2D eigenvalue weighted by Gasteiger charge is -2.13. The fourth-order valence-electron chi connectivity index (χ4n) is 1.59. The van der Waals surface area contributed by atoms with Crippen LogP contribution in [0.2, 0.25) is 0 Å². The number of fused-ring (bicyclic) bond motifs is 1. The van der Waals surface area contributed by atoms with Crippen molar-refractivity contribution in [2.45, 2.75) is 13.2 Å². The Morgan fingerprint density at radius 1 is 1.46 bits per heavy atom. The predicted octanol–water partition coefficient (Wildman–Crippen LogP) is 1.07. The third-order valence-corrected chi connectivity index (χ3v) is 2.40. The van der Waals surface area contributed by atoms with Crippen LogP contribution in [-0.2, 0) is 0 Å². The van der Waals surface area contributed by atoms with Crippen LogP contribution in [0.5, 0.6) is 0 Å². The topological polar surface area (TPSA) is 40.5 Å². The van der Waals surface area contributed by atoms with Crippen molar-refractivity contribution < 1.29 is 9.90 Å². The van der Waals surface area contributed by atoms with Gasteiger partial charge in [-0.15, -0.1) is 0 Å². The van der Waals surface area contributed by atoms with E-state index in [0.29, 0.717) is 11.1 Å². The highest BCUT2D eigenvalue weighted by Crippen LogP contribution is 2.30. The molecule has 1 N–H and O–H groups in total. The van der Waals surface area contributed by atoms with E-state index in [-0.39, 0.29) is 5.91 Å². The molecule has 0 radical (unpaired) electrons. The Kier molecular flexibility index (Phi) is 1.63. The van der Waals surface area contributed by atoms with Crippen LogP contribution in [0.25, 0.3) is 0 Å². The smallest absolute Gasteiger partial charge is 0.256 e. The molecule has 1 aromatic rings. The standard InChI is InChI=1S/C10H11NO2/c1-6-3-4-7-8(5-6)10(13)11(2)9(7)12/h3-5,9,12H,1-2H3. The average Bonchev–Trinajstić information content (AvgIpc) is 2.32. The van der Waals surface area contributed by atoms with Crippen LogP contribution in [0.1, 0.15) is 27.7 Å². The van der Waals surface area contributed by atoms with Crippen molar-refractivity contribution in [3.8, 4) is 0 Å². The third kappa shape index (κ3) is 1.04. The van der Waals surface area contributed by atoms with Crippen molar-refractivity contribution in [2.75, 3.05) is 7.05 Å². The maximum Gasteiger partial charge on any atom is 0.256 e. The quantitative estimate of drug-likeness (QED) is 0.644. The van der Waals surface area contributed by atoms with Crippen molar-refractivity contribution in [2.24, 2.45) is 0 Å². The lowest BCUT2D eigenvalue weighted by atomic mass is 10.1. The van der Waals surface area contributed by atoms with Crippen molar-refractivity contribution in [3.05, 3.63) is 34.9 Å². The first-order valence-corrected chi connectivity index (χ1v) is 4.17. The Hall–Kier alpha value is -1.35. The van der Waals surface area contributed by atoms with Gasteiger partial charge < -0.3 is 10.0 Å². The van der Waals surface area contributed by atoms with Gasteiger partial charge >= 0.3 is 0 Å². The number of amides is 1. The third-order valence-electron chi connectivity index (χ3n) is 2.40. The summed E-state index contributed by atoms with van der Waals surface area (Å²) >= 11 is 0. The van der Waals surface area contributed by atoms with E-state index < -0.39 is 6.23 Å². The van der Waals surface area contributed by atoms with Crippen molar-refractivity contribution in [1.29, 1.82) is 0 Å². The second-order valence-electron chi connectivity index (χ2n) is 3.38. The van der Waals surface area contributed by atoms with E-state index in [9.17, 15) is 9.90 Å². The average molecular weight is 177 g/mol. The summed E-state index contributed by atoms with van der Waals surface area (Å²) in [5.74, 6) is -0.105.